The minimum absolute atomic E-state index is 1.13. The SMILES string of the molecule is c1ccc2c(c1)sc1cc(N(c3ccc(-c4cccc5c4sc4ccccc45)cc3)c3ccc(-c4cccc5c4sc4ccccc45)cc3)ccc12. The van der Waals surface area contributed by atoms with E-state index >= 15 is 0 Å². The number of benzene rings is 8. The first-order valence-electron chi connectivity index (χ1n) is 17.5. The third kappa shape index (κ3) is 4.72. The Bertz CT molecular complexity index is 2970. The van der Waals surface area contributed by atoms with E-state index in [2.05, 4.69) is 181 Å². The summed E-state index contributed by atoms with van der Waals surface area (Å²) in [7, 11) is 0. The van der Waals surface area contributed by atoms with Gasteiger partial charge in [-0.25, -0.2) is 0 Å². The van der Waals surface area contributed by atoms with Crippen molar-refractivity contribution in [3.8, 4) is 22.3 Å². The lowest BCUT2D eigenvalue weighted by molar-refractivity contribution is 1.29. The molecule has 0 aliphatic carbocycles. The lowest BCUT2D eigenvalue weighted by Crippen LogP contribution is -2.09. The molecule has 0 aliphatic rings. The molecule has 0 aliphatic heterocycles. The summed E-state index contributed by atoms with van der Waals surface area (Å²) in [6.45, 7) is 0. The first kappa shape index (κ1) is 29.9. The zero-order chi connectivity index (χ0) is 34.2. The summed E-state index contributed by atoms with van der Waals surface area (Å²) in [5.74, 6) is 0. The van der Waals surface area contributed by atoms with Gasteiger partial charge in [0.05, 0.1) is 0 Å². The van der Waals surface area contributed by atoms with E-state index in [1.165, 1.54) is 82.8 Å². The number of rotatable bonds is 5. The molecule has 0 bridgehead atoms. The van der Waals surface area contributed by atoms with Gasteiger partial charge in [-0.3, -0.25) is 0 Å². The molecule has 0 radical (unpaired) electrons. The van der Waals surface area contributed by atoms with Crippen molar-refractivity contribution in [1.82, 2.24) is 0 Å². The fraction of sp³-hybridized carbons (Fsp3) is 0. The number of thiophene rings is 3. The van der Waals surface area contributed by atoms with Crippen molar-refractivity contribution in [2.24, 2.45) is 0 Å². The smallest absolute Gasteiger partial charge is 0.0476 e. The topological polar surface area (TPSA) is 3.24 Å². The highest BCUT2D eigenvalue weighted by molar-refractivity contribution is 7.27. The maximum Gasteiger partial charge on any atom is 0.0476 e. The van der Waals surface area contributed by atoms with Crippen molar-refractivity contribution < 1.29 is 0 Å². The molecule has 0 fully saturated rings. The zero-order valence-electron chi connectivity index (χ0n) is 27.9. The Morgan fingerprint density at radius 1 is 0.288 bits per heavy atom. The average Bonchev–Trinajstić information content (AvgIpc) is 3.90. The van der Waals surface area contributed by atoms with Crippen LogP contribution in [-0.4, -0.2) is 0 Å². The molecule has 0 saturated carbocycles. The van der Waals surface area contributed by atoms with Crippen LogP contribution in [0.2, 0.25) is 0 Å². The molecule has 0 N–H and O–H groups in total. The standard InChI is InChI=1S/C48H29NS3/c1-4-16-43-37(9-1)40-28-27-34(29-46(40)50-43)49(32-23-19-30(20-24-32)35-12-7-14-41-38-10-2-5-17-44(38)51-47(35)41)33-25-21-31(22-26-33)36-13-8-15-42-39-11-3-6-18-45(39)52-48(36)42/h1-29H. The Morgan fingerprint density at radius 2 is 0.692 bits per heavy atom. The number of nitrogens with zero attached hydrogens (tertiary/aromatic N) is 1. The zero-order valence-corrected chi connectivity index (χ0v) is 30.4. The van der Waals surface area contributed by atoms with Gasteiger partial charge in [0.15, 0.2) is 0 Å². The summed E-state index contributed by atoms with van der Waals surface area (Å²) >= 11 is 5.63. The third-order valence-corrected chi connectivity index (χ3v) is 13.9. The molecule has 52 heavy (non-hydrogen) atoms. The van der Waals surface area contributed by atoms with Crippen molar-refractivity contribution in [3.05, 3.63) is 176 Å². The van der Waals surface area contributed by atoms with Crippen LogP contribution in [0.15, 0.2) is 176 Å². The van der Waals surface area contributed by atoms with Gasteiger partial charge >= 0.3 is 0 Å². The minimum Gasteiger partial charge on any atom is -0.310 e. The predicted molar refractivity (Wildman–Crippen MR) is 231 cm³/mol. The van der Waals surface area contributed by atoms with Crippen LogP contribution >= 0.6 is 34.0 Å². The van der Waals surface area contributed by atoms with E-state index in [1.807, 2.05) is 34.0 Å². The van der Waals surface area contributed by atoms with Crippen molar-refractivity contribution in [2.45, 2.75) is 0 Å². The Hall–Kier alpha value is -5.78. The molecule has 0 unspecified atom stereocenters. The fourth-order valence-electron chi connectivity index (χ4n) is 7.83. The Kier molecular flexibility index (Phi) is 6.84. The van der Waals surface area contributed by atoms with E-state index in [0.717, 1.165) is 17.1 Å². The van der Waals surface area contributed by atoms with Crippen LogP contribution in [0.25, 0.3) is 82.8 Å². The second-order valence-electron chi connectivity index (χ2n) is 13.3. The van der Waals surface area contributed by atoms with Gasteiger partial charge in [0.1, 0.15) is 0 Å². The number of anilines is 3. The van der Waals surface area contributed by atoms with Gasteiger partial charge in [-0.15, -0.1) is 34.0 Å². The number of hydrogen-bond acceptors (Lipinski definition) is 4. The van der Waals surface area contributed by atoms with Gasteiger partial charge in [0.2, 0.25) is 0 Å². The summed E-state index contributed by atoms with van der Waals surface area (Å²) in [5, 5.41) is 7.94. The summed E-state index contributed by atoms with van der Waals surface area (Å²) in [6.07, 6.45) is 0. The van der Waals surface area contributed by atoms with Crippen LogP contribution < -0.4 is 4.90 Å². The number of fused-ring (bicyclic) bond motifs is 9. The molecule has 8 aromatic carbocycles. The van der Waals surface area contributed by atoms with Gasteiger partial charge in [0.25, 0.3) is 0 Å². The summed E-state index contributed by atoms with van der Waals surface area (Å²) in [4.78, 5) is 2.40. The van der Waals surface area contributed by atoms with Gasteiger partial charge < -0.3 is 4.90 Å². The molecule has 0 spiro atoms. The molecular weight excluding hydrogens is 687 g/mol. The number of hydrogen-bond donors (Lipinski definition) is 0. The Balaban J connectivity index is 1.03. The first-order valence-corrected chi connectivity index (χ1v) is 19.9. The van der Waals surface area contributed by atoms with Crippen LogP contribution in [0, 0.1) is 0 Å². The highest BCUT2D eigenvalue weighted by Gasteiger charge is 2.17. The van der Waals surface area contributed by atoms with Crippen LogP contribution in [0.1, 0.15) is 0 Å². The maximum atomic E-state index is 2.40. The van der Waals surface area contributed by atoms with Gasteiger partial charge in [0, 0.05) is 77.6 Å². The highest BCUT2D eigenvalue weighted by Crippen LogP contribution is 2.45. The molecule has 0 atom stereocenters. The molecule has 0 amide bonds. The van der Waals surface area contributed by atoms with Crippen molar-refractivity contribution >= 4 is 112 Å². The van der Waals surface area contributed by atoms with E-state index in [-0.39, 0.29) is 0 Å². The van der Waals surface area contributed by atoms with Crippen LogP contribution in [0.3, 0.4) is 0 Å². The van der Waals surface area contributed by atoms with Crippen LogP contribution in [-0.2, 0) is 0 Å². The minimum atomic E-state index is 1.13. The maximum absolute atomic E-state index is 2.40. The molecule has 0 saturated heterocycles. The second-order valence-corrected chi connectivity index (χ2v) is 16.5. The van der Waals surface area contributed by atoms with E-state index in [1.54, 1.807) is 0 Å². The molecule has 244 valence electrons. The molecule has 4 heteroatoms. The van der Waals surface area contributed by atoms with Crippen LogP contribution in [0.5, 0.6) is 0 Å². The van der Waals surface area contributed by atoms with E-state index < -0.39 is 0 Å². The van der Waals surface area contributed by atoms with Gasteiger partial charge in [-0.1, -0.05) is 121 Å². The van der Waals surface area contributed by atoms with Gasteiger partial charge in [-0.2, -0.15) is 0 Å². The normalized spacial score (nSPS) is 11.8. The predicted octanol–water partition coefficient (Wildman–Crippen LogP) is 15.6. The highest BCUT2D eigenvalue weighted by atomic mass is 32.1. The third-order valence-electron chi connectivity index (χ3n) is 10.3. The second kappa shape index (κ2) is 11.9. The van der Waals surface area contributed by atoms with Crippen molar-refractivity contribution in [1.29, 1.82) is 0 Å². The van der Waals surface area contributed by atoms with Crippen molar-refractivity contribution in [2.75, 3.05) is 4.90 Å². The summed E-state index contributed by atoms with van der Waals surface area (Å²) < 4.78 is 7.96. The lowest BCUT2D eigenvalue weighted by atomic mass is 10.0. The van der Waals surface area contributed by atoms with Crippen LogP contribution in [0.4, 0.5) is 17.1 Å². The largest absolute Gasteiger partial charge is 0.310 e. The van der Waals surface area contributed by atoms with E-state index in [0.29, 0.717) is 0 Å². The lowest BCUT2D eigenvalue weighted by Gasteiger charge is -2.26. The average molecular weight is 716 g/mol. The fourth-order valence-corrected chi connectivity index (χ4v) is 11.4. The summed E-state index contributed by atoms with van der Waals surface area (Å²) in [5.41, 5.74) is 8.43. The Morgan fingerprint density at radius 3 is 1.21 bits per heavy atom. The molecular formula is C48H29NS3. The molecule has 11 rings (SSSR count). The first-order chi connectivity index (χ1) is 25.8. The quantitative estimate of drug-likeness (QED) is 0.171. The summed E-state index contributed by atoms with van der Waals surface area (Å²) in [6, 6.07) is 64.8. The molecule has 3 heterocycles. The monoisotopic (exact) mass is 715 g/mol. The molecule has 1 nitrogen and oxygen atoms in total. The van der Waals surface area contributed by atoms with Gasteiger partial charge in [-0.05, 0) is 76.9 Å². The van der Waals surface area contributed by atoms with Crippen molar-refractivity contribution in [3.63, 3.8) is 0 Å². The molecule has 11 aromatic rings. The van der Waals surface area contributed by atoms with E-state index in [9.17, 15) is 0 Å². The Labute approximate surface area is 312 Å². The van der Waals surface area contributed by atoms with E-state index in [4.69, 9.17) is 0 Å². The molecule has 3 aromatic heterocycles.